The van der Waals surface area contributed by atoms with E-state index in [0.717, 1.165) is 36.8 Å². The molecule has 0 saturated heterocycles. The normalized spacial score (nSPS) is 11.6. The summed E-state index contributed by atoms with van der Waals surface area (Å²) in [7, 11) is -3.47. The van der Waals surface area contributed by atoms with Crippen molar-refractivity contribution in [2.75, 3.05) is 5.75 Å². The van der Waals surface area contributed by atoms with E-state index >= 15 is 0 Å². The lowest BCUT2D eigenvalue weighted by Crippen LogP contribution is -2.27. The molecule has 0 unspecified atom stereocenters. The summed E-state index contributed by atoms with van der Waals surface area (Å²) < 4.78 is 29.5. The molecule has 0 aliphatic rings. The average molecular weight is 532 g/mol. The summed E-state index contributed by atoms with van der Waals surface area (Å²) in [6.45, 7) is 4.16. The van der Waals surface area contributed by atoms with Crippen LogP contribution in [-0.2, 0) is 22.3 Å². The largest absolute Gasteiger partial charge is 0.273 e. The van der Waals surface area contributed by atoms with E-state index in [-0.39, 0.29) is 18.0 Å². The fourth-order valence-corrected chi connectivity index (χ4v) is 5.75. The number of rotatable bonds is 15. The first-order valence-corrected chi connectivity index (χ1v) is 14.8. The fraction of sp³-hybridized carbons (Fsp3) is 0.440. The molecule has 0 amide bonds. The van der Waals surface area contributed by atoms with E-state index in [1.165, 1.54) is 30.3 Å². The van der Waals surface area contributed by atoms with Gasteiger partial charge in [-0.2, -0.15) is 0 Å². The Morgan fingerprint density at radius 1 is 1.03 bits per heavy atom. The van der Waals surface area contributed by atoms with E-state index in [4.69, 9.17) is 0 Å². The highest BCUT2D eigenvalue weighted by Gasteiger charge is 2.18. The van der Waals surface area contributed by atoms with Crippen LogP contribution in [0.3, 0.4) is 0 Å². The highest BCUT2D eigenvalue weighted by atomic mass is 32.2. The lowest BCUT2D eigenvalue weighted by atomic mass is 10.1. The van der Waals surface area contributed by atoms with Crippen LogP contribution in [0.2, 0.25) is 0 Å². The number of benzene rings is 2. The highest BCUT2D eigenvalue weighted by Crippen LogP contribution is 2.27. The minimum Gasteiger partial charge on any atom is -0.273 e. The van der Waals surface area contributed by atoms with Gasteiger partial charge in [0.2, 0.25) is 10.0 Å². The molecule has 0 aliphatic carbocycles. The van der Waals surface area contributed by atoms with Crippen LogP contribution in [0.1, 0.15) is 62.4 Å². The van der Waals surface area contributed by atoms with Crippen LogP contribution < -0.4 is 4.72 Å². The molecule has 1 heterocycles. The van der Waals surface area contributed by atoms with Crippen molar-refractivity contribution in [1.82, 2.24) is 19.5 Å². The van der Waals surface area contributed by atoms with Crippen molar-refractivity contribution >= 4 is 27.5 Å². The van der Waals surface area contributed by atoms with E-state index in [9.17, 15) is 18.5 Å². The maximum atomic E-state index is 12.6. The molecule has 0 spiro atoms. The Bertz CT molecular complexity index is 1240. The Kier molecular flexibility index (Phi) is 10.4. The molecule has 0 bridgehead atoms. The Balaban J connectivity index is 1.74. The maximum Gasteiger partial charge on any atom is 0.269 e. The number of aromatic nitrogens is 3. The molecule has 1 aromatic heterocycles. The number of sulfonamides is 1. The fourth-order valence-electron chi connectivity index (χ4n) is 3.76. The Labute approximate surface area is 216 Å². The van der Waals surface area contributed by atoms with E-state index in [0.29, 0.717) is 28.8 Å². The Morgan fingerprint density at radius 2 is 1.75 bits per heavy atom. The second kappa shape index (κ2) is 13.5. The number of nitro groups is 1. The summed E-state index contributed by atoms with van der Waals surface area (Å²) in [6.07, 6.45) is 6.00. The van der Waals surface area contributed by atoms with Gasteiger partial charge in [0.05, 0.1) is 17.2 Å². The minimum atomic E-state index is -3.47. The summed E-state index contributed by atoms with van der Waals surface area (Å²) >= 11 is 1.47. The van der Waals surface area contributed by atoms with E-state index in [1.807, 2.05) is 25.1 Å². The van der Waals surface area contributed by atoms with Crippen molar-refractivity contribution < 1.29 is 13.3 Å². The topological polar surface area (TPSA) is 120 Å². The molecular weight excluding hydrogens is 498 g/mol. The van der Waals surface area contributed by atoms with Gasteiger partial charge in [0, 0.05) is 23.6 Å². The van der Waals surface area contributed by atoms with Gasteiger partial charge >= 0.3 is 0 Å². The van der Waals surface area contributed by atoms with Crippen molar-refractivity contribution in [2.45, 2.75) is 69.8 Å². The smallest absolute Gasteiger partial charge is 0.269 e. The highest BCUT2D eigenvalue weighted by molar-refractivity contribution is 7.98. The molecule has 0 fully saturated rings. The van der Waals surface area contributed by atoms with Gasteiger partial charge in [0.15, 0.2) is 11.0 Å². The quantitative estimate of drug-likeness (QED) is 0.118. The number of nitrogens with zero attached hydrogens (tertiary/aromatic N) is 4. The second-order valence-corrected chi connectivity index (χ2v) is 11.6. The number of unbranched alkanes of at least 4 members (excludes halogenated alkanes) is 5. The van der Waals surface area contributed by atoms with E-state index in [2.05, 4.69) is 27.9 Å². The molecule has 3 aromatic rings. The summed E-state index contributed by atoms with van der Waals surface area (Å²) in [5.74, 6) is 1.14. The van der Waals surface area contributed by atoms with Crippen molar-refractivity contribution in [3.8, 4) is 5.69 Å². The van der Waals surface area contributed by atoms with Crippen LogP contribution in [0.15, 0.2) is 53.7 Å². The van der Waals surface area contributed by atoms with Gasteiger partial charge in [-0.3, -0.25) is 14.7 Å². The summed E-state index contributed by atoms with van der Waals surface area (Å²) in [5, 5.41) is 20.2. The van der Waals surface area contributed by atoms with Gasteiger partial charge in [-0.25, -0.2) is 13.1 Å². The van der Waals surface area contributed by atoms with Crippen molar-refractivity contribution in [2.24, 2.45) is 0 Å². The first kappa shape index (κ1) is 27.8. The molecule has 11 heteroatoms. The SMILES string of the molecule is CCCCCCCCS(=O)(=O)NCc1nnc(SCc2cccc(C)c2)n1-c1ccc([N+](=O)[O-])cc1. The zero-order valence-corrected chi connectivity index (χ0v) is 22.4. The molecule has 0 aliphatic heterocycles. The van der Waals surface area contributed by atoms with Crippen LogP contribution in [-0.4, -0.2) is 33.9 Å². The van der Waals surface area contributed by atoms with Crippen molar-refractivity contribution in [1.29, 1.82) is 0 Å². The van der Waals surface area contributed by atoms with Crippen molar-refractivity contribution in [3.05, 3.63) is 75.6 Å². The van der Waals surface area contributed by atoms with Crippen LogP contribution >= 0.6 is 11.8 Å². The molecule has 2 aromatic carbocycles. The van der Waals surface area contributed by atoms with Gasteiger partial charge in [-0.05, 0) is 31.0 Å². The molecule has 0 radical (unpaired) electrons. The van der Waals surface area contributed by atoms with Crippen LogP contribution in [0, 0.1) is 17.0 Å². The molecule has 9 nitrogen and oxygen atoms in total. The van der Waals surface area contributed by atoms with E-state index in [1.54, 1.807) is 16.7 Å². The summed E-state index contributed by atoms with van der Waals surface area (Å²) in [4.78, 5) is 10.6. The van der Waals surface area contributed by atoms with Gasteiger partial charge in [-0.1, -0.05) is 80.6 Å². The number of thioether (sulfide) groups is 1. The third-order valence-corrected chi connectivity index (χ3v) is 8.10. The average Bonchev–Trinajstić information content (AvgIpc) is 3.26. The van der Waals surface area contributed by atoms with Gasteiger partial charge in [0.1, 0.15) is 0 Å². The second-order valence-electron chi connectivity index (χ2n) is 8.69. The standard InChI is InChI=1S/C25H33N5O4S2/c1-3-4-5-6-7-8-16-36(33,34)26-18-24-27-28-25(35-19-21-11-9-10-20(2)17-21)29(24)22-12-14-23(15-13-22)30(31)32/h9-15,17,26H,3-8,16,18-19H2,1-2H3. The minimum absolute atomic E-state index is 0.0207. The van der Waals surface area contributed by atoms with Gasteiger partial charge in [-0.15, -0.1) is 10.2 Å². The number of aryl methyl sites for hydroxylation is 1. The number of hydrogen-bond donors (Lipinski definition) is 1. The monoisotopic (exact) mass is 531 g/mol. The first-order valence-electron chi connectivity index (χ1n) is 12.1. The number of nitrogens with one attached hydrogen (secondary N) is 1. The lowest BCUT2D eigenvalue weighted by Gasteiger charge is -2.11. The van der Waals surface area contributed by atoms with Gasteiger partial charge in [0.25, 0.3) is 5.69 Å². The predicted octanol–water partition coefficient (Wildman–Crippen LogP) is 5.56. The zero-order valence-electron chi connectivity index (χ0n) is 20.7. The maximum absolute atomic E-state index is 12.6. The number of non-ortho nitro benzene ring substituents is 1. The third-order valence-electron chi connectivity index (χ3n) is 5.69. The van der Waals surface area contributed by atoms with E-state index < -0.39 is 14.9 Å². The number of nitro benzene ring substituents is 1. The van der Waals surface area contributed by atoms with Crippen LogP contribution in [0.25, 0.3) is 5.69 Å². The Morgan fingerprint density at radius 3 is 2.44 bits per heavy atom. The summed E-state index contributed by atoms with van der Waals surface area (Å²) in [5.41, 5.74) is 2.88. The molecule has 0 atom stereocenters. The van der Waals surface area contributed by atoms with Crippen LogP contribution in [0.4, 0.5) is 5.69 Å². The van der Waals surface area contributed by atoms with Gasteiger partial charge < -0.3 is 0 Å². The van der Waals surface area contributed by atoms with Crippen LogP contribution in [0.5, 0.6) is 0 Å². The molecule has 194 valence electrons. The Hall–Kier alpha value is -2.76. The lowest BCUT2D eigenvalue weighted by molar-refractivity contribution is -0.384. The molecule has 36 heavy (non-hydrogen) atoms. The third kappa shape index (κ3) is 8.42. The zero-order chi connectivity index (χ0) is 26.0. The molecule has 1 N–H and O–H groups in total. The first-order chi connectivity index (χ1) is 17.3. The van der Waals surface area contributed by atoms with Crippen molar-refractivity contribution in [3.63, 3.8) is 0 Å². The molecule has 0 saturated carbocycles. The molecular formula is C25H33N5O4S2. The summed E-state index contributed by atoms with van der Waals surface area (Å²) in [6, 6.07) is 14.2. The molecule has 3 rings (SSSR count). The predicted molar refractivity (Wildman–Crippen MR) is 143 cm³/mol. The number of hydrogen-bond acceptors (Lipinski definition) is 7.